The number of carbonyl (C=O) groups excluding carboxylic acids is 2. The van der Waals surface area contributed by atoms with Gasteiger partial charge >= 0.3 is 0 Å². The molecular formula is C23H26N6O5S. The maximum Gasteiger partial charge on any atom is 0.271 e. The molecule has 12 heteroatoms. The van der Waals surface area contributed by atoms with Crippen LogP contribution in [0.25, 0.3) is 0 Å². The van der Waals surface area contributed by atoms with Crippen molar-refractivity contribution in [3.05, 3.63) is 69.5 Å². The van der Waals surface area contributed by atoms with Gasteiger partial charge in [-0.2, -0.15) is 0 Å². The van der Waals surface area contributed by atoms with E-state index in [4.69, 9.17) is 4.74 Å². The number of nitro groups is 1. The zero-order chi connectivity index (χ0) is 25.5. The van der Waals surface area contributed by atoms with E-state index < -0.39 is 11.0 Å². The highest BCUT2D eigenvalue weighted by Gasteiger charge is 2.19. The number of methoxy groups -OCH3 is 1. The summed E-state index contributed by atoms with van der Waals surface area (Å²) in [4.78, 5) is 35.3. The monoisotopic (exact) mass is 498 g/mol. The Labute approximate surface area is 206 Å². The van der Waals surface area contributed by atoms with Crippen LogP contribution in [0.1, 0.15) is 29.9 Å². The summed E-state index contributed by atoms with van der Waals surface area (Å²) in [5.74, 6) is 0.813. The smallest absolute Gasteiger partial charge is 0.271 e. The number of thioether (sulfide) groups is 1. The number of aryl methyl sites for hydroxylation is 1. The molecule has 0 fully saturated rings. The van der Waals surface area contributed by atoms with Crippen LogP contribution in [0.3, 0.4) is 0 Å². The van der Waals surface area contributed by atoms with E-state index >= 15 is 0 Å². The Morgan fingerprint density at radius 2 is 1.89 bits per heavy atom. The maximum absolute atomic E-state index is 12.5. The van der Waals surface area contributed by atoms with Crippen molar-refractivity contribution in [2.75, 3.05) is 18.2 Å². The molecule has 11 nitrogen and oxygen atoms in total. The van der Waals surface area contributed by atoms with E-state index in [9.17, 15) is 19.7 Å². The minimum absolute atomic E-state index is 0.0340. The molecule has 0 spiro atoms. The van der Waals surface area contributed by atoms with Gasteiger partial charge in [0.2, 0.25) is 11.8 Å². The Balaban J connectivity index is 1.55. The lowest BCUT2D eigenvalue weighted by atomic mass is 10.1. The topological polar surface area (TPSA) is 141 Å². The zero-order valence-corrected chi connectivity index (χ0v) is 20.6. The van der Waals surface area contributed by atoms with Gasteiger partial charge in [0.05, 0.1) is 35.9 Å². The molecular weight excluding hydrogens is 472 g/mol. The van der Waals surface area contributed by atoms with E-state index in [1.807, 2.05) is 19.1 Å². The van der Waals surface area contributed by atoms with Crippen molar-refractivity contribution in [3.8, 4) is 5.75 Å². The summed E-state index contributed by atoms with van der Waals surface area (Å²) >= 11 is 1.17. The first-order chi connectivity index (χ1) is 16.7. The van der Waals surface area contributed by atoms with Crippen molar-refractivity contribution >= 4 is 35.0 Å². The average Bonchev–Trinajstić information content (AvgIpc) is 3.19. The average molecular weight is 499 g/mol. The number of hydrogen-bond donors (Lipinski definition) is 2. The Kier molecular flexibility index (Phi) is 8.42. The summed E-state index contributed by atoms with van der Waals surface area (Å²) in [7, 11) is 3.34. The van der Waals surface area contributed by atoms with Crippen molar-refractivity contribution in [2.24, 2.45) is 7.05 Å². The van der Waals surface area contributed by atoms with E-state index in [0.29, 0.717) is 22.2 Å². The SMILES string of the molecule is COc1ccc(CC(=O)N[C@@H](C)c2nnc(SCC(=O)Nc3cc([N+](=O)[O-])ccc3C)n2C)cc1. The van der Waals surface area contributed by atoms with Gasteiger partial charge in [0, 0.05) is 19.2 Å². The predicted molar refractivity (Wildman–Crippen MR) is 131 cm³/mol. The molecule has 0 saturated heterocycles. The number of anilines is 1. The molecule has 1 atom stereocenters. The fourth-order valence-corrected chi connectivity index (χ4v) is 4.01. The summed E-state index contributed by atoms with van der Waals surface area (Å²) in [6, 6.07) is 11.2. The molecule has 2 N–H and O–H groups in total. The van der Waals surface area contributed by atoms with Crippen LogP contribution in [0.15, 0.2) is 47.6 Å². The first-order valence-corrected chi connectivity index (χ1v) is 11.7. The van der Waals surface area contributed by atoms with E-state index in [1.165, 1.54) is 23.9 Å². The highest BCUT2D eigenvalue weighted by molar-refractivity contribution is 7.99. The fourth-order valence-electron chi connectivity index (χ4n) is 3.29. The molecule has 0 aliphatic carbocycles. The van der Waals surface area contributed by atoms with E-state index in [1.54, 1.807) is 43.8 Å². The number of amides is 2. The van der Waals surface area contributed by atoms with Crippen LogP contribution in [0, 0.1) is 17.0 Å². The zero-order valence-electron chi connectivity index (χ0n) is 19.8. The van der Waals surface area contributed by atoms with E-state index in [-0.39, 0.29) is 29.7 Å². The van der Waals surface area contributed by atoms with Crippen LogP contribution >= 0.6 is 11.8 Å². The first kappa shape index (κ1) is 25.7. The van der Waals surface area contributed by atoms with Crippen LogP contribution in [0.5, 0.6) is 5.75 Å². The quantitative estimate of drug-likeness (QED) is 0.247. The maximum atomic E-state index is 12.5. The number of rotatable bonds is 10. The standard InChI is InChI=1S/C23H26N6O5S/c1-14-5-8-17(29(32)33)12-19(14)25-21(31)13-35-23-27-26-22(28(23)3)15(2)24-20(30)11-16-6-9-18(34-4)10-7-16/h5-10,12,15H,11,13H2,1-4H3,(H,24,30)(H,25,31)/t15-/m0/s1. The third-order valence-electron chi connectivity index (χ3n) is 5.20. The highest BCUT2D eigenvalue weighted by Crippen LogP contribution is 2.23. The summed E-state index contributed by atoms with van der Waals surface area (Å²) in [6.07, 6.45) is 0.213. The molecule has 0 aliphatic rings. The van der Waals surface area contributed by atoms with Gasteiger partial charge in [0.1, 0.15) is 5.75 Å². The molecule has 184 valence electrons. The molecule has 3 aromatic rings. The molecule has 0 saturated carbocycles. The van der Waals surface area contributed by atoms with Crippen LogP contribution in [-0.2, 0) is 23.1 Å². The molecule has 0 bridgehead atoms. The molecule has 0 aliphatic heterocycles. The van der Waals surface area contributed by atoms with Gasteiger partial charge in [-0.3, -0.25) is 19.7 Å². The molecule has 0 unspecified atom stereocenters. The number of carbonyl (C=O) groups is 2. The highest BCUT2D eigenvalue weighted by atomic mass is 32.2. The second kappa shape index (κ2) is 11.5. The van der Waals surface area contributed by atoms with Crippen LogP contribution < -0.4 is 15.4 Å². The Morgan fingerprint density at radius 1 is 1.17 bits per heavy atom. The second-order valence-corrected chi connectivity index (χ2v) is 8.75. The molecule has 1 aromatic heterocycles. The largest absolute Gasteiger partial charge is 0.497 e. The van der Waals surface area contributed by atoms with E-state index in [0.717, 1.165) is 11.3 Å². The van der Waals surface area contributed by atoms with Crippen LogP contribution in [0.4, 0.5) is 11.4 Å². The van der Waals surface area contributed by atoms with Crippen LogP contribution in [0.2, 0.25) is 0 Å². The number of ether oxygens (including phenoxy) is 1. The minimum atomic E-state index is -0.512. The number of hydrogen-bond acceptors (Lipinski definition) is 8. The van der Waals surface area contributed by atoms with Crippen molar-refractivity contribution in [2.45, 2.75) is 31.5 Å². The lowest BCUT2D eigenvalue weighted by molar-refractivity contribution is -0.384. The Bertz CT molecular complexity index is 1230. The number of nitrogens with zero attached hydrogens (tertiary/aromatic N) is 4. The lowest BCUT2D eigenvalue weighted by Crippen LogP contribution is -2.29. The summed E-state index contributed by atoms with van der Waals surface area (Å²) < 4.78 is 6.84. The molecule has 3 rings (SSSR count). The number of aromatic nitrogens is 3. The fraction of sp³-hybridized carbons (Fsp3) is 0.304. The molecule has 2 aromatic carbocycles. The van der Waals surface area contributed by atoms with Crippen molar-refractivity contribution in [3.63, 3.8) is 0 Å². The first-order valence-electron chi connectivity index (χ1n) is 10.7. The molecule has 2 amide bonds. The summed E-state index contributed by atoms with van der Waals surface area (Å²) in [5.41, 5.74) is 1.86. The number of benzene rings is 2. The van der Waals surface area contributed by atoms with Gasteiger partial charge in [0.15, 0.2) is 11.0 Å². The normalized spacial score (nSPS) is 11.5. The molecule has 35 heavy (non-hydrogen) atoms. The Morgan fingerprint density at radius 3 is 2.54 bits per heavy atom. The second-order valence-electron chi connectivity index (χ2n) is 7.81. The van der Waals surface area contributed by atoms with Gasteiger partial charge < -0.3 is 19.9 Å². The third kappa shape index (κ3) is 6.79. The van der Waals surface area contributed by atoms with Gasteiger partial charge in [-0.1, -0.05) is 30.0 Å². The number of nitro benzene ring substituents is 1. The number of nitrogens with one attached hydrogen (secondary N) is 2. The summed E-state index contributed by atoms with van der Waals surface area (Å²) in [6.45, 7) is 3.56. The third-order valence-corrected chi connectivity index (χ3v) is 6.22. The van der Waals surface area contributed by atoms with E-state index in [2.05, 4.69) is 20.8 Å². The lowest BCUT2D eigenvalue weighted by Gasteiger charge is -2.14. The molecule has 1 heterocycles. The predicted octanol–water partition coefficient (Wildman–Crippen LogP) is 3.19. The van der Waals surface area contributed by atoms with Crippen molar-refractivity contribution < 1.29 is 19.2 Å². The summed E-state index contributed by atoms with van der Waals surface area (Å²) in [5, 5.41) is 25.4. The van der Waals surface area contributed by atoms with Gasteiger partial charge in [-0.25, -0.2) is 0 Å². The van der Waals surface area contributed by atoms with Gasteiger partial charge in [0.25, 0.3) is 5.69 Å². The van der Waals surface area contributed by atoms with Gasteiger partial charge in [-0.15, -0.1) is 10.2 Å². The minimum Gasteiger partial charge on any atom is -0.497 e. The Hall–Kier alpha value is -3.93. The van der Waals surface area contributed by atoms with Gasteiger partial charge in [-0.05, 0) is 37.1 Å². The van der Waals surface area contributed by atoms with Crippen LogP contribution in [-0.4, -0.2) is 44.4 Å². The molecule has 0 radical (unpaired) electrons. The van der Waals surface area contributed by atoms with Crippen molar-refractivity contribution in [1.82, 2.24) is 20.1 Å². The van der Waals surface area contributed by atoms with Crippen molar-refractivity contribution in [1.29, 1.82) is 0 Å². The number of non-ortho nitro benzene ring substituents is 1.